The van der Waals surface area contributed by atoms with Crippen LogP contribution in [0.5, 0.6) is 0 Å². The van der Waals surface area contributed by atoms with Crippen LogP contribution in [0.15, 0.2) is 6.07 Å². The van der Waals surface area contributed by atoms with Gasteiger partial charge < -0.3 is 5.32 Å². The molecule has 1 rings (SSSR count). The summed E-state index contributed by atoms with van der Waals surface area (Å²) in [4.78, 5) is 0. The topological polar surface area (TPSA) is 29.9 Å². The van der Waals surface area contributed by atoms with Crippen LogP contribution >= 0.6 is 0 Å². The van der Waals surface area contributed by atoms with Crippen LogP contribution in [0.4, 0.5) is 0 Å². The third-order valence-corrected chi connectivity index (χ3v) is 4.32. The van der Waals surface area contributed by atoms with Crippen LogP contribution in [0.1, 0.15) is 52.4 Å². The van der Waals surface area contributed by atoms with Gasteiger partial charge in [-0.2, -0.15) is 5.10 Å². The first-order valence-electron chi connectivity index (χ1n) is 7.65. The van der Waals surface area contributed by atoms with Crippen LogP contribution < -0.4 is 5.32 Å². The summed E-state index contributed by atoms with van der Waals surface area (Å²) in [5.74, 6) is 0.650. The minimum Gasteiger partial charge on any atom is -0.316 e. The minimum atomic E-state index is 0.286. The Labute approximate surface area is 118 Å². The number of hydrogen-bond acceptors (Lipinski definition) is 2. The zero-order chi connectivity index (χ0) is 14.5. The summed E-state index contributed by atoms with van der Waals surface area (Å²) >= 11 is 0. The summed E-state index contributed by atoms with van der Waals surface area (Å²) in [6, 6.07) is 2.26. The Morgan fingerprint density at radius 1 is 1.37 bits per heavy atom. The first-order valence-corrected chi connectivity index (χ1v) is 7.65. The number of nitrogens with one attached hydrogen (secondary N) is 1. The van der Waals surface area contributed by atoms with Gasteiger partial charge >= 0.3 is 0 Å². The Balaban J connectivity index is 2.79. The molecule has 1 aromatic heterocycles. The highest BCUT2D eigenvalue weighted by Gasteiger charge is 2.29. The van der Waals surface area contributed by atoms with Crippen molar-refractivity contribution >= 4 is 0 Å². The molecule has 1 N–H and O–H groups in total. The van der Waals surface area contributed by atoms with Gasteiger partial charge in [0.15, 0.2) is 0 Å². The first kappa shape index (κ1) is 16.2. The van der Waals surface area contributed by atoms with Gasteiger partial charge in [-0.05, 0) is 43.2 Å². The van der Waals surface area contributed by atoms with Gasteiger partial charge in [0.2, 0.25) is 0 Å². The van der Waals surface area contributed by atoms with Crippen LogP contribution in [-0.4, -0.2) is 22.9 Å². The fourth-order valence-electron chi connectivity index (χ4n) is 2.34. The van der Waals surface area contributed by atoms with Crippen molar-refractivity contribution in [1.29, 1.82) is 0 Å². The van der Waals surface area contributed by atoms with E-state index in [1.165, 1.54) is 17.8 Å². The van der Waals surface area contributed by atoms with E-state index in [1.54, 1.807) is 0 Å². The van der Waals surface area contributed by atoms with Crippen LogP contribution in [0.2, 0.25) is 0 Å². The molecule has 0 aliphatic carbocycles. The maximum absolute atomic E-state index is 4.57. The number of aromatic nitrogens is 2. The Kier molecular flexibility index (Phi) is 6.05. The minimum absolute atomic E-state index is 0.286. The van der Waals surface area contributed by atoms with E-state index < -0.39 is 0 Å². The third kappa shape index (κ3) is 4.34. The fourth-order valence-corrected chi connectivity index (χ4v) is 2.34. The Morgan fingerprint density at radius 2 is 2.05 bits per heavy atom. The van der Waals surface area contributed by atoms with Gasteiger partial charge in [0.05, 0.1) is 5.69 Å². The second kappa shape index (κ2) is 7.09. The number of aryl methyl sites for hydroxylation is 2. The van der Waals surface area contributed by atoms with E-state index in [0.717, 1.165) is 25.9 Å². The molecule has 3 heteroatoms. The van der Waals surface area contributed by atoms with Crippen LogP contribution in [-0.2, 0) is 19.9 Å². The molecular formula is C16H31N3. The molecule has 1 heterocycles. The van der Waals surface area contributed by atoms with E-state index in [-0.39, 0.29) is 5.41 Å². The summed E-state index contributed by atoms with van der Waals surface area (Å²) in [6.07, 6.45) is 3.30. The number of rotatable bonds is 8. The highest BCUT2D eigenvalue weighted by atomic mass is 15.3. The standard InChI is InChI=1S/C16H31N3/c1-7-9-17-12-16(5,13(3)4)11-15-10-14(8-2)18-19(15)6/h10,13,17H,7-9,11-12H2,1-6H3. The van der Waals surface area contributed by atoms with Gasteiger partial charge in [-0.25, -0.2) is 0 Å². The Bertz CT molecular complexity index is 381. The molecule has 0 amide bonds. The van der Waals surface area contributed by atoms with E-state index in [1.807, 2.05) is 0 Å². The SMILES string of the molecule is CCCNCC(C)(Cc1cc(CC)nn1C)C(C)C. The maximum Gasteiger partial charge on any atom is 0.0624 e. The average molecular weight is 265 g/mol. The Hall–Kier alpha value is -0.830. The molecule has 0 spiro atoms. The normalized spacial score (nSPS) is 14.9. The zero-order valence-electron chi connectivity index (χ0n) is 13.6. The molecule has 0 fully saturated rings. The van der Waals surface area contributed by atoms with Crippen LogP contribution in [0.25, 0.3) is 0 Å². The molecule has 0 aromatic carbocycles. The number of hydrogen-bond donors (Lipinski definition) is 1. The second-order valence-electron chi connectivity index (χ2n) is 6.27. The summed E-state index contributed by atoms with van der Waals surface area (Å²) < 4.78 is 2.05. The number of nitrogens with zero attached hydrogens (tertiary/aromatic N) is 2. The molecule has 1 atom stereocenters. The second-order valence-corrected chi connectivity index (χ2v) is 6.27. The van der Waals surface area contributed by atoms with E-state index in [4.69, 9.17) is 0 Å². The van der Waals surface area contributed by atoms with E-state index in [9.17, 15) is 0 Å². The van der Waals surface area contributed by atoms with Gasteiger partial charge in [0.25, 0.3) is 0 Å². The van der Waals surface area contributed by atoms with Crippen molar-refractivity contribution in [2.75, 3.05) is 13.1 Å². The molecule has 0 aliphatic rings. The van der Waals surface area contributed by atoms with Gasteiger partial charge in [0, 0.05) is 19.3 Å². The lowest BCUT2D eigenvalue weighted by Crippen LogP contribution is -2.38. The predicted octanol–water partition coefficient (Wildman–Crippen LogP) is 3.19. The lowest BCUT2D eigenvalue weighted by molar-refractivity contribution is 0.203. The van der Waals surface area contributed by atoms with Crippen LogP contribution in [0.3, 0.4) is 0 Å². The zero-order valence-corrected chi connectivity index (χ0v) is 13.6. The molecule has 1 unspecified atom stereocenters. The quantitative estimate of drug-likeness (QED) is 0.732. The molecule has 3 nitrogen and oxygen atoms in total. The molecule has 0 radical (unpaired) electrons. The molecule has 0 aliphatic heterocycles. The fraction of sp³-hybridized carbons (Fsp3) is 0.812. The van der Waals surface area contributed by atoms with Crippen molar-refractivity contribution in [3.8, 4) is 0 Å². The van der Waals surface area contributed by atoms with Crippen LogP contribution in [0, 0.1) is 11.3 Å². The van der Waals surface area contributed by atoms with E-state index in [0.29, 0.717) is 5.92 Å². The highest BCUT2D eigenvalue weighted by Crippen LogP contribution is 2.30. The largest absolute Gasteiger partial charge is 0.316 e. The van der Waals surface area contributed by atoms with Gasteiger partial charge in [0.1, 0.15) is 0 Å². The van der Waals surface area contributed by atoms with E-state index >= 15 is 0 Å². The molecule has 0 bridgehead atoms. The van der Waals surface area contributed by atoms with E-state index in [2.05, 4.69) is 62.8 Å². The summed E-state index contributed by atoms with van der Waals surface area (Å²) in [5.41, 5.74) is 2.84. The third-order valence-electron chi connectivity index (χ3n) is 4.32. The lowest BCUT2D eigenvalue weighted by Gasteiger charge is -2.34. The van der Waals surface area contributed by atoms with Gasteiger partial charge in [-0.15, -0.1) is 0 Å². The molecule has 110 valence electrons. The van der Waals surface area contributed by atoms with Crippen molar-refractivity contribution in [3.63, 3.8) is 0 Å². The molecule has 0 saturated carbocycles. The molecule has 0 saturated heterocycles. The smallest absolute Gasteiger partial charge is 0.0624 e. The summed E-state index contributed by atoms with van der Waals surface area (Å²) in [7, 11) is 2.06. The summed E-state index contributed by atoms with van der Waals surface area (Å²) in [5, 5.41) is 8.15. The lowest BCUT2D eigenvalue weighted by atomic mass is 9.75. The van der Waals surface area contributed by atoms with Gasteiger partial charge in [-0.3, -0.25) is 4.68 Å². The molecular weight excluding hydrogens is 234 g/mol. The van der Waals surface area contributed by atoms with Crippen molar-refractivity contribution in [1.82, 2.24) is 15.1 Å². The average Bonchev–Trinajstić information content (AvgIpc) is 2.70. The molecule has 19 heavy (non-hydrogen) atoms. The van der Waals surface area contributed by atoms with Crippen molar-refractivity contribution in [2.24, 2.45) is 18.4 Å². The Morgan fingerprint density at radius 3 is 2.53 bits per heavy atom. The van der Waals surface area contributed by atoms with Crippen molar-refractivity contribution < 1.29 is 0 Å². The first-order chi connectivity index (χ1) is 8.92. The molecule has 1 aromatic rings. The van der Waals surface area contributed by atoms with Crippen molar-refractivity contribution in [2.45, 2.75) is 53.9 Å². The predicted molar refractivity (Wildman–Crippen MR) is 82.4 cm³/mol. The monoisotopic (exact) mass is 265 g/mol. The van der Waals surface area contributed by atoms with Crippen molar-refractivity contribution in [3.05, 3.63) is 17.5 Å². The van der Waals surface area contributed by atoms with Gasteiger partial charge in [-0.1, -0.05) is 34.6 Å². The highest BCUT2D eigenvalue weighted by molar-refractivity contribution is 5.12. The summed E-state index contributed by atoms with van der Waals surface area (Å²) in [6.45, 7) is 13.6. The maximum atomic E-state index is 4.57.